The zero-order valence-corrected chi connectivity index (χ0v) is 18.6. The third-order valence-corrected chi connectivity index (χ3v) is 5.74. The summed E-state index contributed by atoms with van der Waals surface area (Å²) in [5.74, 6) is 0.643. The highest BCUT2D eigenvalue weighted by molar-refractivity contribution is 7.92. The van der Waals surface area contributed by atoms with E-state index < -0.39 is 10.0 Å². The molecule has 32 heavy (non-hydrogen) atoms. The lowest BCUT2D eigenvalue weighted by Crippen LogP contribution is -2.25. The van der Waals surface area contributed by atoms with Crippen LogP contribution in [0.4, 0.5) is 11.4 Å². The van der Waals surface area contributed by atoms with Crippen molar-refractivity contribution in [1.29, 1.82) is 0 Å². The highest BCUT2D eigenvalue weighted by Crippen LogP contribution is 2.35. The first-order valence-electron chi connectivity index (χ1n) is 10.2. The molecule has 3 aromatic rings. The van der Waals surface area contributed by atoms with E-state index in [1.54, 1.807) is 28.8 Å². The van der Waals surface area contributed by atoms with Gasteiger partial charge in [-0.2, -0.15) is 0 Å². The van der Waals surface area contributed by atoms with Gasteiger partial charge in [-0.15, -0.1) is 0 Å². The molecule has 1 aliphatic rings. The lowest BCUT2D eigenvalue weighted by atomic mass is 10.2. The quantitative estimate of drug-likeness (QED) is 0.538. The van der Waals surface area contributed by atoms with Crippen molar-refractivity contribution in [3.05, 3.63) is 58.6 Å². The molecular formula is C22H24N4O5S. The van der Waals surface area contributed by atoms with E-state index >= 15 is 0 Å². The van der Waals surface area contributed by atoms with Gasteiger partial charge in [0.25, 0.3) is 5.56 Å². The van der Waals surface area contributed by atoms with Crippen molar-refractivity contribution in [3.8, 4) is 5.75 Å². The molecule has 0 atom stereocenters. The first-order valence-corrected chi connectivity index (χ1v) is 12.1. The van der Waals surface area contributed by atoms with Crippen LogP contribution in [-0.4, -0.2) is 37.2 Å². The SMILES string of the molecule is COc1cc(NC(=O)CCc2nc3ccccc3c(=O)n2C2CC2)ccc1NS(C)(=O)=O. The Hall–Kier alpha value is -3.40. The number of sulfonamides is 1. The summed E-state index contributed by atoms with van der Waals surface area (Å²) in [5.41, 5.74) is 1.31. The molecule has 0 saturated heterocycles. The van der Waals surface area contributed by atoms with Crippen LogP contribution in [-0.2, 0) is 21.2 Å². The van der Waals surface area contributed by atoms with Crippen LogP contribution in [0.25, 0.3) is 10.9 Å². The third-order valence-electron chi connectivity index (χ3n) is 5.15. The molecule has 1 heterocycles. The number of aromatic nitrogens is 2. The fraction of sp³-hybridized carbons (Fsp3) is 0.318. The summed E-state index contributed by atoms with van der Waals surface area (Å²) in [5, 5.41) is 3.37. The molecule has 0 spiro atoms. The Bertz CT molecular complexity index is 1350. The molecule has 0 unspecified atom stereocenters. The maximum atomic E-state index is 12.9. The first kappa shape index (κ1) is 21.8. The molecule has 1 amide bonds. The van der Waals surface area contributed by atoms with Gasteiger partial charge in [-0.05, 0) is 37.1 Å². The Morgan fingerprint density at radius 3 is 2.66 bits per heavy atom. The van der Waals surface area contributed by atoms with E-state index in [4.69, 9.17) is 4.74 Å². The maximum Gasteiger partial charge on any atom is 0.261 e. The molecule has 10 heteroatoms. The van der Waals surface area contributed by atoms with Gasteiger partial charge in [-0.1, -0.05) is 12.1 Å². The van der Waals surface area contributed by atoms with Crippen LogP contribution >= 0.6 is 0 Å². The fourth-order valence-corrected chi connectivity index (χ4v) is 4.15. The van der Waals surface area contributed by atoms with Crippen molar-refractivity contribution >= 4 is 38.2 Å². The number of ether oxygens (including phenoxy) is 1. The van der Waals surface area contributed by atoms with Gasteiger partial charge in [0.1, 0.15) is 11.6 Å². The Morgan fingerprint density at radius 2 is 1.97 bits per heavy atom. The van der Waals surface area contributed by atoms with Crippen molar-refractivity contribution < 1.29 is 17.9 Å². The lowest BCUT2D eigenvalue weighted by molar-refractivity contribution is -0.116. The van der Waals surface area contributed by atoms with Crippen molar-refractivity contribution in [2.45, 2.75) is 31.7 Å². The monoisotopic (exact) mass is 456 g/mol. The molecule has 1 saturated carbocycles. The highest BCUT2D eigenvalue weighted by atomic mass is 32.2. The Kier molecular flexibility index (Phi) is 5.88. The maximum absolute atomic E-state index is 12.9. The zero-order chi connectivity index (χ0) is 22.9. The average Bonchev–Trinajstić information content (AvgIpc) is 3.57. The normalized spacial score (nSPS) is 13.7. The summed E-state index contributed by atoms with van der Waals surface area (Å²) in [4.78, 5) is 30.1. The molecule has 1 aliphatic carbocycles. The number of amides is 1. The summed E-state index contributed by atoms with van der Waals surface area (Å²) >= 11 is 0. The zero-order valence-electron chi connectivity index (χ0n) is 17.8. The predicted octanol–water partition coefficient (Wildman–Crippen LogP) is 2.68. The molecule has 4 rings (SSSR count). The standard InChI is InChI=1S/C22H24N4O5S/c1-31-19-13-14(7-10-18(19)25-32(2,29)30)23-21(27)12-11-20-24-17-6-4-3-5-16(17)22(28)26(20)15-8-9-15/h3-7,10,13,15,25H,8-9,11-12H2,1-2H3,(H,23,27). The van der Waals surface area contributed by atoms with Crippen LogP contribution in [0.2, 0.25) is 0 Å². The molecule has 9 nitrogen and oxygen atoms in total. The van der Waals surface area contributed by atoms with E-state index in [1.165, 1.54) is 13.2 Å². The number of hydrogen-bond donors (Lipinski definition) is 2. The number of benzene rings is 2. The number of para-hydroxylation sites is 1. The molecular weight excluding hydrogens is 432 g/mol. The number of carbonyl (C=O) groups is 1. The van der Waals surface area contributed by atoms with Gasteiger partial charge in [0, 0.05) is 30.6 Å². The number of nitrogens with zero attached hydrogens (tertiary/aromatic N) is 2. The van der Waals surface area contributed by atoms with E-state index in [2.05, 4.69) is 15.0 Å². The van der Waals surface area contributed by atoms with E-state index in [0.29, 0.717) is 28.8 Å². The van der Waals surface area contributed by atoms with Crippen LogP contribution in [0.15, 0.2) is 47.3 Å². The lowest BCUT2D eigenvalue weighted by Gasteiger charge is -2.14. The van der Waals surface area contributed by atoms with E-state index in [-0.39, 0.29) is 35.4 Å². The van der Waals surface area contributed by atoms with Gasteiger partial charge in [0.2, 0.25) is 15.9 Å². The number of fused-ring (bicyclic) bond motifs is 1. The molecule has 1 aromatic heterocycles. The Labute approximate surface area is 185 Å². The van der Waals surface area contributed by atoms with Gasteiger partial charge < -0.3 is 10.1 Å². The number of methoxy groups -OCH3 is 1. The minimum absolute atomic E-state index is 0.0628. The summed E-state index contributed by atoms with van der Waals surface area (Å²) in [6.07, 6.45) is 3.39. The third kappa shape index (κ3) is 4.91. The molecule has 0 bridgehead atoms. The topological polar surface area (TPSA) is 119 Å². The van der Waals surface area contributed by atoms with Gasteiger partial charge in [-0.3, -0.25) is 18.9 Å². The predicted molar refractivity (Wildman–Crippen MR) is 123 cm³/mol. The smallest absolute Gasteiger partial charge is 0.261 e. The van der Waals surface area contributed by atoms with Crippen molar-refractivity contribution in [2.24, 2.45) is 0 Å². The minimum atomic E-state index is -3.46. The van der Waals surface area contributed by atoms with Gasteiger partial charge in [0.05, 0.1) is 30.0 Å². The highest BCUT2D eigenvalue weighted by Gasteiger charge is 2.28. The molecule has 2 N–H and O–H groups in total. The second-order valence-electron chi connectivity index (χ2n) is 7.79. The molecule has 0 aliphatic heterocycles. The minimum Gasteiger partial charge on any atom is -0.494 e. The van der Waals surface area contributed by atoms with Crippen LogP contribution in [0.5, 0.6) is 5.75 Å². The average molecular weight is 457 g/mol. The number of nitrogens with one attached hydrogen (secondary N) is 2. The van der Waals surface area contributed by atoms with E-state index in [1.807, 2.05) is 12.1 Å². The second-order valence-corrected chi connectivity index (χ2v) is 9.54. The molecule has 168 valence electrons. The Balaban J connectivity index is 1.49. The van der Waals surface area contributed by atoms with E-state index in [0.717, 1.165) is 19.1 Å². The van der Waals surface area contributed by atoms with Crippen LogP contribution < -0.4 is 20.3 Å². The number of aryl methyl sites for hydroxylation is 1. The number of anilines is 2. The molecule has 1 fully saturated rings. The summed E-state index contributed by atoms with van der Waals surface area (Å²) < 4.78 is 32.3. The molecule has 2 aromatic carbocycles. The van der Waals surface area contributed by atoms with Crippen LogP contribution in [0, 0.1) is 0 Å². The largest absolute Gasteiger partial charge is 0.494 e. The van der Waals surface area contributed by atoms with Crippen molar-refractivity contribution in [1.82, 2.24) is 9.55 Å². The number of carbonyl (C=O) groups excluding carboxylic acids is 1. The van der Waals surface area contributed by atoms with Gasteiger partial charge in [0.15, 0.2) is 0 Å². The van der Waals surface area contributed by atoms with Gasteiger partial charge in [-0.25, -0.2) is 13.4 Å². The number of rotatable bonds is 8. The van der Waals surface area contributed by atoms with Gasteiger partial charge >= 0.3 is 0 Å². The molecule has 0 radical (unpaired) electrons. The second kappa shape index (κ2) is 8.62. The van der Waals surface area contributed by atoms with Crippen LogP contribution in [0.3, 0.4) is 0 Å². The Morgan fingerprint density at radius 1 is 1.22 bits per heavy atom. The van der Waals surface area contributed by atoms with Crippen molar-refractivity contribution in [3.63, 3.8) is 0 Å². The fourth-order valence-electron chi connectivity index (χ4n) is 3.58. The van der Waals surface area contributed by atoms with E-state index in [9.17, 15) is 18.0 Å². The summed E-state index contributed by atoms with van der Waals surface area (Å²) in [6, 6.07) is 12.0. The first-order chi connectivity index (χ1) is 15.2. The summed E-state index contributed by atoms with van der Waals surface area (Å²) in [6.45, 7) is 0. The number of hydrogen-bond acceptors (Lipinski definition) is 6. The van der Waals surface area contributed by atoms with Crippen LogP contribution in [0.1, 0.15) is 31.1 Å². The summed E-state index contributed by atoms with van der Waals surface area (Å²) in [7, 11) is -2.05. The van der Waals surface area contributed by atoms with Crippen molar-refractivity contribution in [2.75, 3.05) is 23.4 Å².